The van der Waals surface area contributed by atoms with Crippen molar-refractivity contribution in [2.75, 3.05) is 0 Å². The van der Waals surface area contributed by atoms with Gasteiger partial charge in [-0.3, -0.25) is 0 Å². The summed E-state index contributed by atoms with van der Waals surface area (Å²) in [7, 11) is 0. The van der Waals surface area contributed by atoms with Crippen LogP contribution in [0.4, 0.5) is 0 Å². The molecule has 0 unspecified atom stereocenters. The molecular weight excluding hydrogens is 244 g/mol. The van der Waals surface area contributed by atoms with E-state index in [9.17, 15) is 0 Å². The largest absolute Gasteiger partial charge is 0.139 e. The van der Waals surface area contributed by atoms with Crippen molar-refractivity contribution in [3.8, 4) is 0 Å². The molecule has 17 heavy (non-hydrogen) atoms. The fraction of sp³-hybridized carbons (Fsp3) is 0.333. The van der Waals surface area contributed by atoms with Gasteiger partial charge in [0.05, 0.1) is 9.40 Å². The zero-order valence-electron chi connectivity index (χ0n) is 10.1. The topological polar surface area (TPSA) is 0 Å². The quantitative estimate of drug-likeness (QED) is 0.518. The molecule has 2 aromatic heterocycles. The van der Waals surface area contributed by atoms with Crippen molar-refractivity contribution >= 4 is 42.8 Å². The van der Waals surface area contributed by atoms with Crippen LogP contribution in [0.15, 0.2) is 12.1 Å². The van der Waals surface area contributed by atoms with E-state index in [1.807, 2.05) is 22.7 Å². The van der Waals surface area contributed by atoms with E-state index in [1.54, 1.807) is 21.9 Å². The molecule has 0 nitrogen and oxygen atoms in total. The molecule has 0 spiro atoms. The Morgan fingerprint density at radius 3 is 1.76 bits per heavy atom. The minimum Gasteiger partial charge on any atom is -0.139 e. The molecule has 0 N–H and O–H groups in total. The SMILES string of the molecule is Cc1cc2c3c(c4cc(C)sc4c2s1)CCC3. The molecule has 0 amide bonds. The van der Waals surface area contributed by atoms with Crippen molar-refractivity contribution in [2.24, 2.45) is 0 Å². The van der Waals surface area contributed by atoms with E-state index >= 15 is 0 Å². The van der Waals surface area contributed by atoms with Crippen molar-refractivity contribution in [1.82, 2.24) is 0 Å². The number of rotatable bonds is 0. The van der Waals surface area contributed by atoms with Gasteiger partial charge >= 0.3 is 0 Å². The summed E-state index contributed by atoms with van der Waals surface area (Å²) < 4.78 is 3.08. The van der Waals surface area contributed by atoms with Crippen LogP contribution in [-0.4, -0.2) is 0 Å². The van der Waals surface area contributed by atoms with Crippen LogP contribution in [0.25, 0.3) is 20.2 Å². The van der Waals surface area contributed by atoms with Gasteiger partial charge in [-0.1, -0.05) is 0 Å². The predicted molar refractivity (Wildman–Crippen MR) is 78.7 cm³/mol. The molecule has 4 rings (SSSR count). The average molecular weight is 258 g/mol. The standard InChI is InChI=1S/C15H14S2/c1-8-6-12-10-4-3-5-11(10)13-7-9(2)17-15(13)14(12)16-8/h6-7H,3-5H2,1-2H3. The van der Waals surface area contributed by atoms with E-state index in [4.69, 9.17) is 0 Å². The Kier molecular flexibility index (Phi) is 1.98. The second kappa shape index (κ2) is 3.33. The Morgan fingerprint density at radius 1 is 0.824 bits per heavy atom. The number of aryl methyl sites for hydroxylation is 4. The van der Waals surface area contributed by atoms with Crippen molar-refractivity contribution in [1.29, 1.82) is 0 Å². The highest BCUT2D eigenvalue weighted by Gasteiger charge is 2.21. The number of hydrogen-bond acceptors (Lipinski definition) is 2. The molecule has 0 radical (unpaired) electrons. The van der Waals surface area contributed by atoms with Crippen LogP contribution in [0.2, 0.25) is 0 Å². The normalized spacial score (nSPS) is 14.9. The summed E-state index contributed by atoms with van der Waals surface area (Å²) in [6, 6.07) is 4.80. The van der Waals surface area contributed by atoms with Gasteiger partial charge in [0.1, 0.15) is 0 Å². The summed E-state index contributed by atoms with van der Waals surface area (Å²) in [5.74, 6) is 0. The highest BCUT2D eigenvalue weighted by atomic mass is 32.1. The minimum absolute atomic E-state index is 1.28. The van der Waals surface area contributed by atoms with Crippen LogP contribution in [0, 0.1) is 13.8 Å². The smallest absolute Gasteiger partial charge is 0.0526 e. The lowest BCUT2D eigenvalue weighted by Gasteiger charge is -2.03. The van der Waals surface area contributed by atoms with Gasteiger partial charge < -0.3 is 0 Å². The zero-order valence-corrected chi connectivity index (χ0v) is 11.7. The minimum atomic E-state index is 1.28. The number of fused-ring (bicyclic) bond motifs is 6. The van der Waals surface area contributed by atoms with E-state index < -0.39 is 0 Å². The first-order chi connectivity index (χ1) is 8.24. The molecule has 0 atom stereocenters. The van der Waals surface area contributed by atoms with Gasteiger partial charge in [-0.05, 0) is 67.1 Å². The molecule has 1 aromatic carbocycles. The Balaban J connectivity index is 2.32. The van der Waals surface area contributed by atoms with Crippen LogP contribution in [0.3, 0.4) is 0 Å². The van der Waals surface area contributed by atoms with Crippen LogP contribution in [0.1, 0.15) is 27.3 Å². The molecule has 0 saturated heterocycles. The highest BCUT2D eigenvalue weighted by molar-refractivity contribution is 7.27. The number of benzene rings is 1. The summed E-state index contributed by atoms with van der Waals surface area (Å²) in [5.41, 5.74) is 3.30. The van der Waals surface area contributed by atoms with Crippen molar-refractivity contribution in [2.45, 2.75) is 33.1 Å². The lowest BCUT2D eigenvalue weighted by atomic mass is 10.0. The van der Waals surface area contributed by atoms with Gasteiger partial charge in [0.25, 0.3) is 0 Å². The maximum Gasteiger partial charge on any atom is 0.0526 e. The first-order valence-corrected chi connectivity index (χ1v) is 7.81. The van der Waals surface area contributed by atoms with Crippen LogP contribution in [-0.2, 0) is 12.8 Å². The Hall–Kier alpha value is -0.860. The fourth-order valence-electron chi connectivity index (χ4n) is 3.15. The van der Waals surface area contributed by atoms with Gasteiger partial charge in [-0.25, -0.2) is 0 Å². The summed E-state index contributed by atoms with van der Waals surface area (Å²) in [6.07, 6.45) is 3.91. The molecule has 0 aliphatic heterocycles. The molecular formula is C15H14S2. The van der Waals surface area contributed by atoms with Gasteiger partial charge in [0, 0.05) is 9.75 Å². The van der Waals surface area contributed by atoms with E-state index in [2.05, 4.69) is 26.0 Å². The molecule has 1 aliphatic carbocycles. The molecule has 86 valence electrons. The fourth-order valence-corrected chi connectivity index (χ4v) is 5.39. The van der Waals surface area contributed by atoms with Gasteiger partial charge in [0.2, 0.25) is 0 Å². The Bertz CT molecular complexity index is 680. The molecule has 3 aromatic rings. The molecule has 1 aliphatic rings. The Labute approximate surface area is 109 Å². The van der Waals surface area contributed by atoms with E-state index in [0.717, 1.165) is 0 Å². The lowest BCUT2D eigenvalue weighted by Crippen LogP contribution is -1.83. The molecule has 0 saturated carbocycles. The third kappa shape index (κ3) is 1.28. The first kappa shape index (κ1) is 10.1. The monoisotopic (exact) mass is 258 g/mol. The zero-order chi connectivity index (χ0) is 11.6. The predicted octanol–water partition coefficient (Wildman–Crippen LogP) is 5.22. The summed E-state index contributed by atoms with van der Waals surface area (Å²) in [5, 5.41) is 3.10. The summed E-state index contributed by atoms with van der Waals surface area (Å²) in [4.78, 5) is 2.90. The van der Waals surface area contributed by atoms with Crippen LogP contribution >= 0.6 is 22.7 Å². The van der Waals surface area contributed by atoms with Crippen molar-refractivity contribution < 1.29 is 0 Å². The Morgan fingerprint density at radius 2 is 1.29 bits per heavy atom. The maximum atomic E-state index is 2.40. The highest BCUT2D eigenvalue weighted by Crippen LogP contribution is 2.44. The average Bonchev–Trinajstić information content (AvgIpc) is 2.91. The van der Waals surface area contributed by atoms with Gasteiger partial charge in [-0.2, -0.15) is 0 Å². The third-order valence-electron chi connectivity index (χ3n) is 3.78. The number of hydrogen-bond donors (Lipinski definition) is 0. The summed E-state index contributed by atoms with van der Waals surface area (Å²) in [6.45, 7) is 4.47. The maximum absolute atomic E-state index is 2.40. The molecule has 2 heteroatoms. The number of thiophene rings is 2. The first-order valence-electron chi connectivity index (χ1n) is 6.18. The second-order valence-electron chi connectivity index (χ2n) is 5.01. The van der Waals surface area contributed by atoms with Crippen LogP contribution in [0.5, 0.6) is 0 Å². The van der Waals surface area contributed by atoms with E-state index in [0.29, 0.717) is 0 Å². The van der Waals surface area contributed by atoms with Crippen molar-refractivity contribution in [3.05, 3.63) is 33.0 Å². The van der Waals surface area contributed by atoms with E-state index in [1.165, 1.54) is 38.4 Å². The van der Waals surface area contributed by atoms with Crippen molar-refractivity contribution in [3.63, 3.8) is 0 Å². The van der Waals surface area contributed by atoms with Gasteiger partial charge in [0.15, 0.2) is 0 Å². The molecule has 0 fully saturated rings. The molecule has 0 bridgehead atoms. The second-order valence-corrected chi connectivity index (χ2v) is 7.52. The third-order valence-corrected chi connectivity index (χ3v) is 6.05. The van der Waals surface area contributed by atoms with Crippen LogP contribution < -0.4 is 0 Å². The van der Waals surface area contributed by atoms with E-state index in [-0.39, 0.29) is 0 Å². The summed E-state index contributed by atoms with van der Waals surface area (Å²) >= 11 is 3.94. The lowest BCUT2D eigenvalue weighted by molar-refractivity contribution is 0.915. The molecule has 2 heterocycles. The van der Waals surface area contributed by atoms with Gasteiger partial charge in [-0.15, -0.1) is 22.7 Å².